The molecule has 0 bridgehead atoms. The Morgan fingerprint density at radius 2 is 1.61 bits per heavy atom. The number of rotatable bonds is 9. The Morgan fingerprint density at radius 1 is 0.893 bits per heavy atom. The molecule has 0 heterocycles. The van der Waals surface area contributed by atoms with Gasteiger partial charge in [-0.05, 0) is 72.9 Å². The van der Waals surface area contributed by atoms with Gasteiger partial charge in [-0.1, -0.05) is 63.3 Å². The van der Waals surface area contributed by atoms with Gasteiger partial charge in [0.15, 0.2) is 0 Å². The Kier molecular flexibility index (Phi) is 7.97. The molecule has 0 saturated heterocycles. The smallest absolute Gasteiger partial charge is 0.119 e. The van der Waals surface area contributed by atoms with Crippen molar-refractivity contribution in [3.8, 4) is 11.8 Å². The fourth-order valence-corrected chi connectivity index (χ4v) is 4.32. The summed E-state index contributed by atoms with van der Waals surface area (Å²) in [5.74, 6) is 2.51. The molecule has 2 nitrogen and oxygen atoms in total. The molecule has 2 aromatic rings. The van der Waals surface area contributed by atoms with Gasteiger partial charge in [0.1, 0.15) is 12.4 Å². The molecule has 28 heavy (non-hydrogen) atoms. The number of benzene rings is 2. The maximum Gasteiger partial charge on any atom is 0.119 e. The van der Waals surface area contributed by atoms with Crippen LogP contribution in [0.1, 0.15) is 87.3 Å². The van der Waals surface area contributed by atoms with Crippen molar-refractivity contribution in [3.05, 3.63) is 65.2 Å². The van der Waals surface area contributed by atoms with Gasteiger partial charge in [0.2, 0.25) is 0 Å². The third-order valence-electron chi connectivity index (χ3n) is 6.15. The van der Waals surface area contributed by atoms with Crippen LogP contribution in [0.2, 0.25) is 0 Å². The molecule has 0 aliphatic heterocycles. The molecule has 1 fully saturated rings. The number of ether oxygens (including phenoxy) is 1. The molecule has 2 heteroatoms. The zero-order valence-corrected chi connectivity index (χ0v) is 17.2. The first-order valence-corrected chi connectivity index (χ1v) is 11.0. The van der Waals surface area contributed by atoms with Crippen molar-refractivity contribution in [1.82, 2.24) is 0 Å². The van der Waals surface area contributed by atoms with Gasteiger partial charge in [0, 0.05) is 0 Å². The summed E-state index contributed by atoms with van der Waals surface area (Å²) in [6.07, 6.45) is 12.5. The Bertz CT molecular complexity index is 733. The van der Waals surface area contributed by atoms with Crippen LogP contribution in [0, 0.1) is 17.2 Å². The summed E-state index contributed by atoms with van der Waals surface area (Å²) < 4.78 is 5.84. The van der Waals surface area contributed by atoms with E-state index in [1.54, 1.807) is 12.1 Å². The first-order valence-electron chi connectivity index (χ1n) is 11.0. The Balaban J connectivity index is 1.42. The minimum atomic E-state index is 0.566. The zero-order chi connectivity index (χ0) is 19.6. The van der Waals surface area contributed by atoms with Gasteiger partial charge < -0.3 is 4.74 Å². The van der Waals surface area contributed by atoms with Gasteiger partial charge in [0.05, 0.1) is 11.6 Å². The van der Waals surface area contributed by atoms with Gasteiger partial charge in [0.25, 0.3) is 0 Å². The first kappa shape index (κ1) is 20.5. The molecule has 3 rings (SSSR count). The molecule has 2 aromatic carbocycles. The summed E-state index contributed by atoms with van der Waals surface area (Å²) in [5, 5.41) is 8.85. The summed E-state index contributed by atoms with van der Waals surface area (Å²) in [7, 11) is 0. The third-order valence-corrected chi connectivity index (χ3v) is 6.15. The summed E-state index contributed by atoms with van der Waals surface area (Å²) in [5.41, 5.74) is 3.34. The Labute approximate surface area is 170 Å². The Hall–Kier alpha value is -2.27. The molecular formula is C26H33NO. The second-order valence-corrected chi connectivity index (χ2v) is 8.23. The molecule has 0 N–H and O–H groups in total. The maximum atomic E-state index is 8.85. The lowest BCUT2D eigenvalue weighted by Crippen LogP contribution is -2.13. The van der Waals surface area contributed by atoms with Crippen molar-refractivity contribution in [2.45, 2.75) is 77.2 Å². The maximum absolute atomic E-state index is 8.85. The minimum Gasteiger partial charge on any atom is -0.489 e. The topological polar surface area (TPSA) is 33.0 Å². The van der Waals surface area contributed by atoms with Gasteiger partial charge in [-0.15, -0.1) is 0 Å². The van der Waals surface area contributed by atoms with E-state index in [-0.39, 0.29) is 0 Å². The predicted molar refractivity (Wildman–Crippen MR) is 115 cm³/mol. The van der Waals surface area contributed by atoms with Crippen LogP contribution < -0.4 is 4.74 Å². The van der Waals surface area contributed by atoms with Crippen LogP contribution in [0.25, 0.3) is 0 Å². The molecule has 1 aliphatic carbocycles. The second-order valence-electron chi connectivity index (χ2n) is 8.23. The average molecular weight is 376 g/mol. The summed E-state index contributed by atoms with van der Waals surface area (Å²) in [6, 6.07) is 18.4. The standard InChI is InChI=1S/C26H33NO/c1-2-3-4-5-6-21-7-13-24(14-8-21)25-15-9-23(10-16-25)20-28-26-17-11-22(19-27)12-18-26/h9-12,15-18,21,24H,2-8,13-14,20H2,1H3/t21-,24-. The van der Waals surface area contributed by atoms with Crippen molar-refractivity contribution < 1.29 is 4.74 Å². The van der Waals surface area contributed by atoms with Crippen molar-refractivity contribution >= 4 is 0 Å². The fraction of sp³-hybridized carbons (Fsp3) is 0.500. The molecule has 0 atom stereocenters. The number of nitriles is 1. The van der Waals surface area contributed by atoms with Crippen LogP contribution in [-0.4, -0.2) is 0 Å². The van der Waals surface area contributed by atoms with Gasteiger partial charge in [-0.3, -0.25) is 0 Å². The first-order chi connectivity index (χ1) is 13.8. The van der Waals surface area contributed by atoms with Crippen LogP contribution in [0.15, 0.2) is 48.5 Å². The molecule has 1 saturated carbocycles. The van der Waals surface area contributed by atoms with Crippen LogP contribution in [-0.2, 0) is 6.61 Å². The average Bonchev–Trinajstić information content (AvgIpc) is 2.76. The van der Waals surface area contributed by atoms with E-state index in [1.165, 1.54) is 68.9 Å². The molecule has 0 aromatic heterocycles. The van der Waals surface area contributed by atoms with E-state index in [9.17, 15) is 0 Å². The van der Waals surface area contributed by atoms with Crippen LogP contribution in [0.4, 0.5) is 0 Å². The van der Waals surface area contributed by atoms with E-state index < -0.39 is 0 Å². The zero-order valence-electron chi connectivity index (χ0n) is 17.2. The lowest BCUT2D eigenvalue weighted by molar-refractivity contribution is 0.301. The second kappa shape index (κ2) is 10.9. The highest BCUT2D eigenvalue weighted by Crippen LogP contribution is 2.37. The summed E-state index contributed by atoms with van der Waals surface area (Å²) in [6.45, 7) is 2.85. The molecule has 148 valence electrons. The monoisotopic (exact) mass is 375 g/mol. The van der Waals surface area contributed by atoms with Gasteiger partial charge in [-0.2, -0.15) is 5.26 Å². The fourth-order valence-electron chi connectivity index (χ4n) is 4.32. The quantitative estimate of drug-likeness (QED) is 0.428. The number of unbranched alkanes of at least 4 members (excludes halogenated alkanes) is 3. The van der Waals surface area contributed by atoms with E-state index in [2.05, 4.69) is 37.3 Å². The molecule has 0 unspecified atom stereocenters. The van der Waals surface area contributed by atoms with Crippen molar-refractivity contribution in [3.63, 3.8) is 0 Å². The van der Waals surface area contributed by atoms with E-state index in [0.29, 0.717) is 12.2 Å². The number of nitrogens with zero attached hydrogens (tertiary/aromatic N) is 1. The normalized spacial score (nSPS) is 19.1. The van der Waals surface area contributed by atoms with E-state index in [0.717, 1.165) is 17.6 Å². The van der Waals surface area contributed by atoms with Crippen LogP contribution >= 0.6 is 0 Å². The lowest BCUT2D eigenvalue weighted by Gasteiger charge is -2.29. The van der Waals surface area contributed by atoms with Gasteiger partial charge in [-0.25, -0.2) is 0 Å². The Morgan fingerprint density at radius 3 is 2.25 bits per heavy atom. The van der Waals surface area contributed by atoms with E-state index >= 15 is 0 Å². The summed E-state index contributed by atoms with van der Waals surface area (Å²) in [4.78, 5) is 0. The molecular weight excluding hydrogens is 342 g/mol. The minimum absolute atomic E-state index is 0.566. The van der Waals surface area contributed by atoms with E-state index in [4.69, 9.17) is 10.00 Å². The predicted octanol–water partition coefficient (Wildman–Crippen LogP) is 7.38. The molecule has 0 amide bonds. The van der Waals surface area contributed by atoms with Crippen LogP contribution in [0.3, 0.4) is 0 Å². The lowest BCUT2D eigenvalue weighted by atomic mass is 9.77. The highest BCUT2D eigenvalue weighted by Gasteiger charge is 2.21. The number of hydrogen-bond acceptors (Lipinski definition) is 2. The van der Waals surface area contributed by atoms with Crippen molar-refractivity contribution in [2.75, 3.05) is 0 Å². The van der Waals surface area contributed by atoms with Crippen molar-refractivity contribution in [2.24, 2.45) is 5.92 Å². The molecule has 1 aliphatic rings. The van der Waals surface area contributed by atoms with Gasteiger partial charge >= 0.3 is 0 Å². The SMILES string of the molecule is CCCCCC[C@H]1CC[C@H](c2ccc(COc3ccc(C#N)cc3)cc2)CC1. The largest absolute Gasteiger partial charge is 0.489 e. The van der Waals surface area contributed by atoms with Crippen LogP contribution in [0.5, 0.6) is 5.75 Å². The molecule has 0 spiro atoms. The molecule has 0 radical (unpaired) electrons. The summed E-state index contributed by atoms with van der Waals surface area (Å²) >= 11 is 0. The third kappa shape index (κ3) is 6.13. The highest BCUT2D eigenvalue weighted by molar-refractivity contribution is 5.34. The van der Waals surface area contributed by atoms with Crippen molar-refractivity contribution in [1.29, 1.82) is 5.26 Å². The highest BCUT2D eigenvalue weighted by atomic mass is 16.5. The van der Waals surface area contributed by atoms with E-state index in [1.807, 2.05) is 12.1 Å². The number of hydrogen-bond donors (Lipinski definition) is 0.